The Morgan fingerprint density at radius 3 is 2.19 bits per heavy atom. The Bertz CT molecular complexity index is 827. The van der Waals surface area contributed by atoms with Gasteiger partial charge in [0.2, 0.25) is 10.0 Å². The molecule has 0 spiro atoms. The monoisotopic (exact) mass is 543 g/mol. The lowest BCUT2D eigenvalue weighted by Crippen LogP contribution is -2.37. The van der Waals surface area contributed by atoms with Crippen molar-refractivity contribution in [1.29, 1.82) is 0 Å². The molecule has 0 aliphatic heterocycles. The number of hydrogen-bond acceptors (Lipinski definition) is 3. The van der Waals surface area contributed by atoms with Crippen LogP contribution in [0.1, 0.15) is 5.56 Å². The van der Waals surface area contributed by atoms with Crippen LogP contribution in [-0.4, -0.2) is 32.2 Å². The van der Waals surface area contributed by atoms with Crippen molar-refractivity contribution in [2.45, 2.75) is 10.6 Å². The van der Waals surface area contributed by atoms with Gasteiger partial charge in [0.15, 0.2) is 0 Å². The first-order valence-corrected chi connectivity index (χ1v) is 12.0. The number of benzene rings is 2. The van der Waals surface area contributed by atoms with Crippen LogP contribution in [0, 0.1) is 0 Å². The zero-order valence-electron chi connectivity index (χ0n) is 13.8. The third kappa shape index (κ3) is 5.52. The van der Waals surface area contributed by atoms with Crippen molar-refractivity contribution in [3.63, 3.8) is 0 Å². The molecule has 0 N–H and O–H groups in total. The van der Waals surface area contributed by atoms with Crippen LogP contribution in [0.4, 0.5) is 5.69 Å². The minimum absolute atomic E-state index is 0.0684. The van der Waals surface area contributed by atoms with Gasteiger partial charge in [0.05, 0.1) is 18.6 Å². The van der Waals surface area contributed by atoms with Gasteiger partial charge in [-0.3, -0.25) is 4.31 Å². The summed E-state index contributed by atoms with van der Waals surface area (Å²) in [7, 11) is -2.17. The van der Waals surface area contributed by atoms with Crippen molar-refractivity contribution in [2.24, 2.45) is 0 Å². The number of nitrogens with zero attached hydrogens (tertiary/aromatic N) is 1. The summed E-state index contributed by atoms with van der Waals surface area (Å²) in [5.74, 6) is 0.357. The maximum atomic E-state index is 13.2. The molecule has 9 heteroatoms. The predicted molar refractivity (Wildman–Crippen MR) is 116 cm³/mol. The van der Waals surface area contributed by atoms with E-state index in [1.165, 1.54) is 4.31 Å². The summed E-state index contributed by atoms with van der Waals surface area (Å²) in [5, 5.41) is 1.25. The first-order chi connectivity index (χ1) is 12.3. The quantitative estimate of drug-likeness (QED) is 0.412. The van der Waals surface area contributed by atoms with Gasteiger partial charge in [-0.15, -0.1) is 0 Å². The van der Waals surface area contributed by atoms with Gasteiger partial charge in [-0.25, -0.2) is 8.42 Å². The molecule has 0 radical (unpaired) electrons. The number of anilines is 1. The minimum Gasteiger partial charge on any atom is -0.497 e. The lowest BCUT2D eigenvalue weighted by atomic mass is 10.2. The predicted octanol–water partition coefficient (Wildman–Crippen LogP) is 5.50. The number of alkyl halides is 2. The fraction of sp³-hybridized carbons (Fsp3) is 0.294. The molecule has 2 aromatic carbocycles. The highest BCUT2D eigenvalue weighted by Crippen LogP contribution is 2.30. The summed E-state index contributed by atoms with van der Waals surface area (Å²) < 4.78 is 32.8. The number of sulfonamides is 1. The molecule has 142 valence electrons. The Morgan fingerprint density at radius 2 is 1.69 bits per heavy atom. The molecule has 0 heterocycles. The number of hydrogen-bond donors (Lipinski definition) is 0. The summed E-state index contributed by atoms with van der Waals surface area (Å²) in [5.41, 5.74) is 0.929. The fourth-order valence-corrected chi connectivity index (χ4v) is 5.34. The van der Waals surface area contributed by atoms with Crippen LogP contribution in [0.2, 0.25) is 10.0 Å². The van der Waals surface area contributed by atoms with Crippen LogP contribution >= 0.6 is 55.1 Å². The highest BCUT2D eigenvalue weighted by Gasteiger charge is 2.27. The number of ether oxygens (including phenoxy) is 1. The maximum Gasteiger partial charge on any atom is 0.239 e. The lowest BCUT2D eigenvalue weighted by molar-refractivity contribution is 0.415. The number of rotatable bonds is 8. The summed E-state index contributed by atoms with van der Waals surface area (Å²) >= 11 is 19.2. The average Bonchev–Trinajstić information content (AvgIpc) is 2.62. The van der Waals surface area contributed by atoms with E-state index in [2.05, 4.69) is 31.9 Å². The second kappa shape index (κ2) is 9.64. The van der Waals surface area contributed by atoms with Crippen molar-refractivity contribution >= 4 is 70.8 Å². The fourth-order valence-electron chi connectivity index (χ4n) is 2.29. The molecule has 0 aliphatic carbocycles. The SMILES string of the molecule is COc1ccc(N(CC(Br)CBr)S(=O)(=O)Cc2c(Cl)cccc2Cl)cc1. The van der Waals surface area contributed by atoms with Crippen LogP contribution in [0.5, 0.6) is 5.75 Å². The van der Waals surface area contributed by atoms with Gasteiger partial charge in [0, 0.05) is 32.3 Å². The van der Waals surface area contributed by atoms with E-state index in [0.717, 1.165) is 0 Å². The van der Waals surface area contributed by atoms with E-state index in [1.54, 1.807) is 49.6 Å². The van der Waals surface area contributed by atoms with E-state index in [0.29, 0.717) is 32.4 Å². The summed E-state index contributed by atoms with van der Waals surface area (Å²) in [6, 6.07) is 11.8. The van der Waals surface area contributed by atoms with Gasteiger partial charge in [-0.1, -0.05) is 61.1 Å². The largest absolute Gasteiger partial charge is 0.497 e. The minimum atomic E-state index is -3.73. The van der Waals surface area contributed by atoms with Gasteiger partial charge >= 0.3 is 0 Å². The summed E-state index contributed by atoms with van der Waals surface area (Å²) in [6.07, 6.45) is 0. The van der Waals surface area contributed by atoms with E-state index in [4.69, 9.17) is 27.9 Å². The van der Waals surface area contributed by atoms with Crippen LogP contribution in [0.25, 0.3) is 0 Å². The number of methoxy groups -OCH3 is 1. The van der Waals surface area contributed by atoms with Gasteiger partial charge in [-0.05, 0) is 36.4 Å². The maximum absolute atomic E-state index is 13.2. The first kappa shape index (κ1) is 21.8. The second-order valence-corrected chi connectivity index (χ2v) is 10.1. The molecule has 0 aromatic heterocycles. The smallest absolute Gasteiger partial charge is 0.239 e. The molecule has 0 saturated heterocycles. The molecule has 4 nitrogen and oxygen atoms in total. The van der Waals surface area contributed by atoms with Gasteiger partial charge in [0.1, 0.15) is 5.75 Å². The Morgan fingerprint density at radius 1 is 1.12 bits per heavy atom. The average molecular weight is 546 g/mol. The summed E-state index contributed by atoms with van der Waals surface area (Å²) in [4.78, 5) is -0.0684. The van der Waals surface area contributed by atoms with Crippen LogP contribution in [0.15, 0.2) is 42.5 Å². The molecule has 1 unspecified atom stereocenters. The third-order valence-corrected chi connectivity index (χ3v) is 8.27. The molecule has 0 fully saturated rings. The summed E-state index contributed by atoms with van der Waals surface area (Å²) in [6.45, 7) is 0.252. The normalized spacial score (nSPS) is 12.7. The van der Waals surface area contributed by atoms with E-state index in [1.807, 2.05) is 0 Å². The van der Waals surface area contributed by atoms with E-state index < -0.39 is 10.0 Å². The van der Waals surface area contributed by atoms with Crippen LogP contribution < -0.4 is 9.04 Å². The van der Waals surface area contributed by atoms with Gasteiger partial charge in [0.25, 0.3) is 0 Å². The Kier molecular flexibility index (Phi) is 8.09. The molecule has 0 amide bonds. The van der Waals surface area contributed by atoms with Gasteiger partial charge < -0.3 is 4.74 Å². The van der Waals surface area contributed by atoms with Gasteiger partial charge in [-0.2, -0.15) is 0 Å². The Balaban J connectivity index is 2.41. The molecule has 2 rings (SSSR count). The van der Waals surface area contributed by atoms with Crippen LogP contribution in [0.3, 0.4) is 0 Å². The first-order valence-electron chi connectivity index (χ1n) is 7.56. The standard InChI is InChI=1S/C17H17Br2Cl2NO3S/c1-25-14-7-5-13(6-8-14)22(10-12(19)9-18)26(23,24)11-15-16(20)3-2-4-17(15)21/h2-8,12H,9-11H2,1H3. The van der Waals surface area contributed by atoms with Crippen molar-refractivity contribution in [1.82, 2.24) is 0 Å². The highest BCUT2D eigenvalue weighted by atomic mass is 79.9. The zero-order chi connectivity index (χ0) is 19.3. The molecule has 0 saturated carbocycles. The molecule has 2 aromatic rings. The Hall–Kier alpha value is -0.470. The molecule has 1 atom stereocenters. The van der Waals surface area contributed by atoms with Crippen molar-refractivity contribution in [3.8, 4) is 5.75 Å². The highest BCUT2D eigenvalue weighted by molar-refractivity contribution is 9.12. The molecule has 0 aliphatic rings. The molecular formula is C17H17Br2Cl2NO3S. The molecule has 0 bridgehead atoms. The van der Waals surface area contributed by atoms with Crippen molar-refractivity contribution in [3.05, 3.63) is 58.1 Å². The van der Waals surface area contributed by atoms with E-state index in [-0.39, 0.29) is 17.1 Å². The second-order valence-electron chi connectivity index (χ2n) is 5.44. The van der Waals surface area contributed by atoms with E-state index in [9.17, 15) is 8.42 Å². The number of halogens is 4. The topological polar surface area (TPSA) is 46.6 Å². The lowest BCUT2D eigenvalue weighted by Gasteiger charge is -2.27. The third-order valence-electron chi connectivity index (χ3n) is 3.62. The van der Waals surface area contributed by atoms with E-state index >= 15 is 0 Å². The Labute approximate surface area is 180 Å². The molecule has 26 heavy (non-hydrogen) atoms. The molecular weight excluding hydrogens is 529 g/mol. The zero-order valence-corrected chi connectivity index (χ0v) is 19.3. The van der Waals surface area contributed by atoms with Crippen molar-refractivity contribution < 1.29 is 13.2 Å². The van der Waals surface area contributed by atoms with Crippen LogP contribution in [-0.2, 0) is 15.8 Å². The van der Waals surface area contributed by atoms with Crippen molar-refractivity contribution in [2.75, 3.05) is 23.3 Å².